The standard InChI is InChI=1S/C18H23NO2/c1-13-10-15(7-3-4-9-20)12-16(11-13)19-18(21)17-8-5-6-14(17)2/h10-12,14,17,20H,4-6,8-9H2,1-2H3,(H,19,21). The third-order valence-corrected chi connectivity index (χ3v) is 4.01. The number of nitrogens with one attached hydrogen (secondary N) is 1. The molecule has 1 aromatic carbocycles. The average molecular weight is 285 g/mol. The van der Waals surface area contributed by atoms with Gasteiger partial charge in [-0.15, -0.1) is 0 Å². The molecule has 0 saturated heterocycles. The highest BCUT2D eigenvalue weighted by Gasteiger charge is 2.29. The first-order valence-corrected chi connectivity index (χ1v) is 7.62. The molecule has 21 heavy (non-hydrogen) atoms. The van der Waals surface area contributed by atoms with Crippen molar-refractivity contribution in [1.29, 1.82) is 0 Å². The number of aryl methyl sites for hydroxylation is 1. The fourth-order valence-corrected chi connectivity index (χ4v) is 2.92. The Morgan fingerprint density at radius 1 is 1.38 bits per heavy atom. The van der Waals surface area contributed by atoms with Crippen LogP contribution < -0.4 is 5.32 Å². The summed E-state index contributed by atoms with van der Waals surface area (Å²) in [7, 11) is 0. The molecule has 2 N–H and O–H groups in total. The topological polar surface area (TPSA) is 49.3 Å². The van der Waals surface area contributed by atoms with Gasteiger partial charge in [-0.25, -0.2) is 0 Å². The Kier molecular flexibility index (Phi) is 5.41. The number of aliphatic hydroxyl groups excluding tert-OH is 1. The molecule has 0 bridgehead atoms. The number of benzene rings is 1. The van der Waals surface area contributed by atoms with Gasteiger partial charge < -0.3 is 10.4 Å². The largest absolute Gasteiger partial charge is 0.395 e. The molecule has 1 saturated carbocycles. The fourth-order valence-electron chi connectivity index (χ4n) is 2.92. The monoisotopic (exact) mass is 285 g/mol. The summed E-state index contributed by atoms with van der Waals surface area (Å²) in [5.74, 6) is 6.66. The van der Waals surface area contributed by atoms with E-state index in [2.05, 4.69) is 24.1 Å². The molecular formula is C18H23NO2. The lowest BCUT2D eigenvalue weighted by Crippen LogP contribution is -2.24. The molecule has 0 heterocycles. The van der Waals surface area contributed by atoms with Gasteiger partial charge in [-0.1, -0.05) is 25.2 Å². The van der Waals surface area contributed by atoms with Crippen molar-refractivity contribution in [3.8, 4) is 11.8 Å². The first kappa shape index (κ1) is 15.6. The van der Waals surface area contributed by atoms with Gasteiger partial charge in [0.25, 0.3) is 0 Å². The zero-order valence-corrected chi connectivity index (χ0v) is 12.8. The number of amides is 1. The van der Waals surface area contributed by atoms with Crippen molar-refractivity contribution < 1.29 is 9.90 Å². The quantitative estimate of drug-likeness (QED) is 0.838. The third kappa shape index (κ3) is 4.34. The number of rotatable bonds is 3. The lowest BCUT2D eigenvalue weighted by molar-refractivity contribution is -0.120. The SMILES string of the molecule is Cc1cc(C#CCCO)cc(NC(=O)C2CCCC2C)c1. The van der Waals surface area contributed by atoms with E-state index in [0.29, 0.717) is 12.3 Å². The molecule has 0 spiro atoms. The van der Waals surface area contributed by atoms with E-state index < -0.39 is 0 Å². The van der Waals surface area contributed by atoms with Crippen LogP contribution in [0.2, 0.25) is 0 Å². The van der Waals surface area contributed by atoms with Crippen molar-refractivity contribution >= 4 is 11.6 Å². The zero-order chi connectivity index (χ0) is 15.2. The van der Waals surface area contributed by atoms with E-state index >= 15 is 0 Å². The summed E-state index contributed by atoms with van der Waals surface area (Å²) < 4.78 is 0. The molecule has 0 radical (unpaired) electrons. The van der Waals surface area contributed by atoms with Crippen LogP contribution in [-0.4, -0.2) is 17.6 Å². The van der Waals surface area contributed by atoms with Crippen LogP contribution in [-0.2, 0) is 4.79 Å². The van der Waals surface area contributed by atoms with Crippen LogP contribution in [0.5, 0.6) is 0 Å². The number of carbonyl (C=O) groups excluding carboxylic acids is 1. The first-order valence-electron chi connectivity index (χ1n) is 7.62. The van der Waals surface area contributed by atoms with Gasteiger partial charge in [0.15, 0.2) is 0 Å². The van der Waals surface area contributed by atoms with E-state index in [1.54, 1.807) is 0 Å². The molecule has 0 aliphatic heterocycles. The van der Waals surface area contributed by atoms with Gasteiger partial charge >= 0.3 is 0 Å². The van der Waals surface area contributed by atoms with Gasteiger partial charge in [-0.3, -0.25) is 4.79 Å². The van der Waals surface area contributed by atoms with Gasteiger partial charge in [-0.2, -0.15) is 0 Å². The van der Waals surface area contributed by atoms with Crippen LogP contribution in [0, 0.1) is 30.6 Å². The number of hydrogen-bond acceptors (Lipinski definition) is 2. The highest BCUT2D eigenvalue weighted by atomic mass is 16.2. The molecule has 1 aliphatic carbocycles. The third-order valence-electron chi connectivity index (χ3n) is 4.01. The minimum absolute atomic E-state index is 0.0714. The van der Waals surface area contributed by atoms with Gasteiger partial charge in [0.05, 0.1) is 6.61 Å². The predicted octanol–water partition coefficient (Wildman–Crippen LogP) is 3.10. The van der Waals surface area contributed by atoms with Gasteiger partial charge in [0.2, 0.25) is 5.91 Å². The van der Waals surface area contributed by atoms with Crippen LogP contribution in [0.1, 0.15) is 43.7 Å². The van der Waals surface area contributed by atoms with Crippen molar-refractivity contribution in [2.75, 3.05) is 11.9 Å². The smallest absolute Gasteiger partial charge is 0.227 e. The molecular weight excluding hydrogens is 262 g/mol. The normalized spacial score (nSPS) is 20.7. The Balaban J connectivity index is 2.09. The van der Waals surface area contributed by atoms with Crippen molar-refractivity contribution in [3.05, 3.63) is 29.3 Å². The van der Waals surface area contributed by atoms with Crippen molar-refractivity contribution in [3.63, 3.8) is 0 Å². The Morgan fingerprint density at radius 2 is 2.19 bits per heavy atom. The average Bonchev–Trinajstić information content (AvgIpc) is 2.85. The first-order chi connectivity index (χ1) is 10.1. The van der Waals surface area contributed by atoms with E-state index in [1.165, 1.54) is 0 Å². The Hall–Kier alpha value is -1.79. The second-order valence-electron chi connectivity index (χ2n) is 5.87. The number of hydrogen-bond donors (Lipinski definition) is 2. The number of anilines is 1. The summed E-state index contributed by atoms with van der Waals surface area (Å²) in [4.78, 5) is 12.3. The van der Waals surface area contributed by atoms with E-state index in [9.17, 15) is 4.79 Å². The van der Waals surface area contributed by atoms with Crippen LogP contribution in [0.15, 0.2) is 18.2 Å². The second-order valence-corrected chi connectivity index (χ2v) is 5.87. The van der Waals surface area contributed by atoms with E-state index in [-0.39, 0.29) is 18.4 Å². The molecule has 0 aromatic heterocycles. The molecule has 1 aliphatic rings. The zero-order valence-electron chi connectivity index (χ0n) is 12.8. The predicted molar refractivity (Wildman–Crippen MR) is 84.9 cm³/mol. The number of aliphatic hydroxyl groups is 1. The second kappa shape index (κ2) is 7.28. The Bertz CT molecular complexity index is 568. The van der Waals surface area contributed by atoms with E-state index in [4.69, 9.17) is 5.11 Å². The fraction of sp³-hybridized carbons (Fsp3) is 0.500. The molecule has 2 atom stereocenters. The minimum atomic E-state index is 0.0714. The van der Waals surface area contributed by atoms with Gasteiger partial charge in [-0.05, 0) is 49.4 Å². The van der Waals surface area contributed by atoms with E-state index in [0.717, 1.165) is 36.1 Å². The van der Waals surface area contributed by atoms with Gasteiger partial charge in [0.1, 0.15) is 0 Å². The van der Waals surface area contributed by atoms with Crippen molar-refractivity contribution in [2.45, 2.75) is 39.5 Å². The van der Waals surface area contributed by atoms with Crippen LogP contribution >= 0.6 is 0 Å². The number of carbonyl (C=O) groups is 1. The summed E-state index contributed by atoms with van der Waals surface area (Å²) in [6.07, 6.45) is 3.74. The highest BCUT2D eigenvalue weighted by Crippen LogP contribution is 2.32. The summed E-state index contributed by atoms with van der Waals surface area (Å²) in [6.45, 7) is 4.21. The lowest BCUT2D eigenvalue weighted by Gasteiger charge is -2.15. The molecule has 1 fully saturated rings. The molecule has 1 aromatic rings. The summed E-state index contributed by atoms with van der Waals surface area (Å²) in [6, 6.07) is 5.85. The summed E-state index contributed by atoms with van der Waals surface area (Å²) >= 11 is 0. The van der Waals surface area contributed by atoms with Crippen molar-refractivity contribution in [2.24, 2.45) is 11.8 Å². The highest BCUT2D eigenvalue weighted by molar-refractivity contribution is 5.93. The molecule has 3 nitrogen and oxygen atoms in total. The molecule has 2 rings (SSSR count). The maximum absolute atomic E-state index is 12.3. The van der Waals surface area contributed by atoms with Crippen LogP contribution in [0.3, 0.4) is 0 Å². The van der Waals surface area contributed by atoms with E-state index in [1.807, 2.05) is 25.1 Å². The lowest BCUT2D eigenvalue weighted by atomic mass is 9.97. The minimum Gasteiger partial charge on any atom is -0.395 e. The Labute approximate surface area is 126 Å². The molecule has 3 heteroatoms. The van der Waals surface area contributed by atoms with Gasteiger partial charge in [0, 0.05) is 23.6 Å². The van der Waals surface area contributed by atoms with Crippen LogP contribution in [0.4, 0.5) is 5.69 Å². The van der Waals surface area contributed by atoms with Crippen LogP contribution in [0.25, 0.3) is 0 Å². The maximum Gasteiger partial charge on any atom is 0.227 e. The van der Waals surface area contributed by atoms with Crippen molar-refractivity contribution in [1.82, 2.24) is 0 Å². The molecule has 2 unspecified atom stereocenters. The summed E-state index contributed by atoms with van der Waals surface area (Å²) in [5.41, 5.74) is 2.76. The maximum atomic E-state index is 12.3. The Morgan fingerprint density at radius 3 is 2.86 bits per heavy atom. The summed E-state index contributed by atoms with van der Waals surface area (Å²) in [5, 5.41) is 11.8. The molecule has 1 amide bonds. The molecule has 112 valence electrons.